The van der Waals surface area contributed by atoms with E-state index >= 15 is 0 Å². The zero-order valence-electron chi connectivity index (χ0n) is 28.9. The van der Waals surface area contributed by atoms with Gasteiger partial charge in [-0.25, -0.2) is 13.4 Å². The average Bonchev–Trinajstić information content (AvgIpc) is 3.64. The van der Waals surface area contributed by atoms with Crippen molar-refractivity contribution in [3.05, 3.63) is 78.4 Å². The van der Waals surface area contributed by atoms with Crippen molar-refractivity contribution >= 4 is 44.6 Å². The smallest absolute Gasteiger partial charge is 0.265 e. The highest BCUT2D eigenvalue weighted by Crippen LogP contribution is 2.27. The van der Waals surface area contributed by atoms with Gasteiger partial charge in [-0.3, -0.25) is 10.2 Å². The number of anilines is 1. The minimum atomic E-state index is -3.78. The number of aromatic hydroxyl groups is 1. The quantitative estimate of drug-likeness (QED) is 0.0844. The van der Waals surface area contributed by atoms with Crippen LogP contribution in [0.15, 0.2) is 92.8 Å². The fraction of sp³-hybridized carbons (Fsp3) is 0.447. The third-order valence-electron chi connectivity index (χ3n) is 9.05. The molecule has 3 N–H and O–H groups in total. The van der Waals surface area contributed by atoms with E-state index in [1.165, 1.54) is 68.5 Å². The van der Waals surface area contributed by atoms with Gasteiger partial charge >= 0.3 is 0 Å². The number of ether oxygens (including phenoxy) is 1. The molecule has 2 aliphatic heterocycles. The van der Waals surface area contributed by atoms with Gasteiger partial charge in [0.25, 0.3) is 5.91 Å². The molecule has 2 heterocycles. The lowest BCUT2D eigenvalue weighted by Crippen LogP contribution is -2.39. The summed E-state index contributed by atoms with van der Waals surface area (Å²) in [7, 11) is -3.78. The first-order valence-electron chi connectivity index (χ1n) is 17.7. The van der Waals surface area contributed by atoms with E-state index in [-0.39, 0.29) is 33.0 Å². The topological polar surface area (TPSA) is 133 Å². The van der Waals surface area contributed by atoms with E-state index in [0.29, 0.717) is 17.9 Å². The Kier molecular flexibility index (Phi) is 13.2. The lowest BCUT2D eigenvalue weighted by atomic mass is 10.0. The highest BCUT2D eigenvalue weighted by molar-refractivity contribution is 7.91. The van der Waals surface area contributed by atoms with Crippen LogP contribution in [0.4, 0.5) is 5.69 Å². The Labute approximate surface area is 300 Å². The van der Waals surface area contributed by atoms with Gasteiger partial charge in [-0.1, -0.05) is 64.0 Å². The number of hydrogen-bond donors (Lipinski definition) is 3. The summed E-state index contributed by atoms with van der Waals surface area (Å²) in [4.78, 5) is 13.7. The number of nitrogens with zero attached hydrogens (tertiary/aromatic N) is 3. The number of hydrogen-bond acceptors (Lipinski definition) is 9. The molecule has 0 bridgehead atoms. The van der Waals surface area contributed by atoms with E-state index in [1.807, 2.05) is 36.2 Å². The Balaban J connectivity index is 1.16. The van der Waals surface area contributed by atoms with E-state index in [1.54, 1.807) is 12.1 Å². The highest BCUT2D eigenvalue weighted by atomic mass is 35.5. The van der Waals surface area contributed by atoms with Crippen molar-refractivity contribution in [2.24, 2.45) is 10.2 Å². The van der Waals surface area contributed by atoms with E-state index in [2.05, 4.69) is 27.9 Å². The summed E-state index contributed by atoms with van der Waals surface area (Å²) in [6.45, 7) is 4.14. The molecule has 0 saturated heterocycles. The Morgan fingerprint density at radius 3 is 2.18 bits per heavy atom. The number of alkyl halides is 1. The number of rotatable bonds is 19. The molecule has 268 valence electrons. The molecular weight excluding hydrogens is 674 g/mol. The lowest BCUT2D eigenvalue weighted by Gasteiger charge is -2.19. The summed E-state index contributed by atoms with van der Waals surface area (Å²) in [5.41, 5.74) is 5.79. The van der Waals surface area contributed by atoms with E-state index in [4.69, 9.17) is 16.3 Å². The maximum Gasteiger partial charge on any atom is 0.265 e. The molecule has 12 heteroatoms. The monoisotopic (exact) mass is 721 g/mol. The van der Waals surface area contributed by atoms with E-state index < -0.39 is 15.9 Å². The molecule has 0 spiro atoms. The van der Waals surface area contributed by atoms with Crippen molar-refractivity contribution in [2.45, 2.75) is 118 Å². The first-order valence-corrected chi connectivity index (χ1v) is 19.6. The van der Waals surface area contributed by atoms with Crippen molar-refractivity contribution in [1.29, 1.82) is 0 Å². The second-order valence-corrected chi connectivity index (χ2v) is 15.4. The second-order valence-electron chi connectivity index (χ2n) is 13.0. The molecule has 2 aliphatic rings. The number of carbonyl (C=O) groups excluding carboxylic acids is 1. The van der Waals surface area contributed by atoms with Crippen molar-refractivity contribution in [3.8, 4) is 11.5 Å². The predicted octanol–water partition coefficient (Wildman–Crippen LogP) is 8.01. The number of nitrogens with one attached hydrogen (secondary N) is 2. The van der Waals surface area contributed by atoms with Crippen molar-refractivity contribution in [2.75, 3.05) is 5.32 Å². The van der Waals surface area contributed by atoms with Crippen molar-refractivity contribution in [3.63, 3.8) is 0 Å². The Hall–Kier alpha value is -4.09. The number of aryl methyl sites for hydroxylation is 1. The summed E-state index contributed by atoms with van der Waals surface area (Å²) in [5, 5.41) is 23.2. The molecule has 0 aliphatic carbocycles. The van der Waals surface area contributed by atoms with Crippen molar-refractivity contribution < 1.29 is 23.1 Å². The van der Waals surface area contributed by atoms with E-state index in [9.17, 15) is 18.3 Å². The summed E-state index contributed by atoms with van der Waals surface area (Å²) in [5.74, 6) is 1.04. The van der Waals surface area contributed by atoms with Crippen LogP contribution >= 0.6 is 11.6 Å². The van der Waals surface area contributed by atoms with Crippen molar-refractivity contribution in [1.82, 2.24) is 10.4 Å². The molecular formula is C38H48ClN5O5S. The first-order chi connectivity index (χ1) is 24.2. The number of amides is 1. The number of halogens is 1. The van der Waals surface area contributed by atoms with Crippen LogP contribution < -0.4 is 15.5 Å². The number of phenolic OH excluding ortho intramolecular Hbond substituents is 1. The molecule has 1 amide bonds. The second kappa shape index (κ2) is 17.7. The molecule has 5 rings (SSSR count). The van der Waals surface area contributed by atoms with Gasteiger partial charge in [0, 0.05) is 12.1 Å². The summed E-state index contributed by atoms with van der Waals surface area (Å²) in [6, 6.07) is 19.4. The van der Waals surface area contributed by atoms with Crippen LogP contribution in [0.5, 0.6) is 11.5 Å². The van der Waals surface area contributed by atoms with Gasteiger partial charge in [0.05, 0.1) is 15.5 Å². The molecule has 50 heavy (non-hydrogen) atoms. The highest BCUT2D eigenvalue weighted by Gasteiger charge is 2.39. The fourth-order valence-electron chi connectivity index (χ4n) is 6.10. The molecule has 3 aromatic rings. The maximum absolute atomic E-state index is 13.5. The number of benzene rings is 3. The minimum absolute atomic E-state index is 0.00914. The molecule has 0 saturated carbocycles. The molecule has 0 fully saturated rings. The Morgan fingerprint density at radius 2 is 1.52 bits per heavy atom. The number of amidine groups is 1. The van der Waals surface area contributed by atoms with Crippen LogP contribution in [-0.4, -0.2) is 53.6 Å². The van der Waals surface area contributed by atoms with Crippen LogP contribution in [0.1, 0.15) is 90.0 Å². The van der Waals surface area contributed by atoms with Gasteiger partial charge in [0.15, 0.2) is 12.3 Å². The number of carbonyl (C=O) groups is 1. The third-order valence-corrected chi connectivity index (χ3v) is 11.4. The zero-order chi connectivity index (χ0) is 35.5. The summed E-state index contributed by atoms with van der Waals surface area (Å²) >= 11 is 6.40. The van der Waals surface area contributed by atoms with Gasteiger partial charge in [0.2, 0.25) is 9.84 Å². The lowest BCUT2D eigenvalue weighted by molar-refractivity contribution is -0.123. The van der Waals surface area contributed by atoms with Gasteiger partial charge < -0.3 is 15.2 Å². The summed E-state index contributed by atoms with van der Waals surface area (Å²) < 4.78 is 32.3. The summed E-state index contributed by atoms with van der Waals surface area (Å²) in [6.07, 6.45) is 11.3. The predicted molar refractivity (Wildman–Crippen MR) is 199 cm³/mol. The molecule has 0 aromatic heterocycles. The molecule has 3 atom stereocenters. The normalized spacial score (nSPS) is 17.5. The number of unbranched alkanes of at least 4 members (excludes halogenated alkanes) is 7. The fourth-order valence-corrected chi connectivity index (χ4v) is 7.57. The minimum Gasteiger partial charge on any atom is -0.508 e. The van der Waals surface area contributed by atoms with Gasteiger partial charge in [-0.15, -0.1) is 11.6 Å². The largest absolute Gasteiger partial charge is 0.508 e. The van der Waals surface area contributed by atoms with Crippen LogP contribution in [0, 0.1) is 0 Å². The first kappa shape index (κ1) is 37.2. The standard InChI is InChI=1S/C38H48ClN5O5S/c1-3-4-5-6-7-8-9-10-13-34(49-31-21-25-33(26-22-31)50(47,48)32-23-19-30(45)20-24-32)38(46)40-29-17-15-28(16-18-29)12-11-14-35-41-42-37-36(39)27(2)43-44(35)37/h15-26,34,36-37,42,45H,3-14H2,1-2H3,(H,40,46). The average molecular weight is 722 g/mol. The molecule has 10 nitrogen and oxygen atoms in total. The van der Waals surface area contributed by atoms with Crippen LogP contribution in [0.25, 0.3) is 0 Å². The number of phenols is 1. The Bertz CT molecular complexity index is 1730. The van der Waals surface area contributed by atoms with Gasteiger partial charge in [-0.2, -0.15) is 10.2 Å². The number of hydrazone groups is 2. The van der Waals surface area contributed by atoms with Crippen LogP contribution in [0.3, 0.4) is 0 Å². The number of sulfone groups is 1. The molecule has 3 aromatic carbocycles. The molecule has 0 radical (unpaired) electrons. The van der Waals surface area contributed by atoms with Crippen LogP contribution in [-0.2, 0) is 21.1 Å². The van der Waals surface area contributed by atoms with E-state index in [0.717, 1.165) is 55.6 Å². The van der Waals surface area contributed by atoms with Crippen LogP contribution in [0.2, 0.25) is 0 Å². The Morgan fingerprint density at radius 1 is 0.900 bits per heavy atom. The molecule has 3 unspecified atom stereocenters. The third kappa shape index (κ3) is 9.78. The zero-order valence-corrected chi connectivity index (χ0v) is 30.4. The maximum atomic E-state index is 13.5. The van der Waals surface area contributed by atoms with Gasteiger partial charge in [-0.05, 0) is 98.8 Å². The SMILES string of the molecule is CCCCCCCCCCC(Oc1ccc(S(=O)(=O)c2ccc(O)cc2)cc1)C(=O)Nc1ccc(CCCC2=NNC3C(Cl)C(C)=NN23)cc1. The number of fused-ring (bicyclic) bond motifs is 1. The van der Waals surface area contributed by atoms with Gasteiger partial charge in [0.1, 0.15) is 22.7 Å².